The summed E-state index contributed by atoms with van der Waals surface area (Å²) < 4.78 is 18.8. The summed E-state index contributed by atoms with van der Waals surface area (Å²) >= 11 is 0. The van der Waals surface area contributed by atoms with Gasteiger partial charge >= 0.3 is 0 Å². The Balaban J connectivity index is 2.05. The molecule has 0 heterocycles. The molecule has 1 fully saturated rings. The van der Waals surface area contributed by atoms with E-state index >= 15 is 0 Å². The zero-order chi connectivity index (χ0) is 14.5. The summed E-state index contributed by atoms with van der Waals surface area (Å²) in [5, 5.41) is 3.55. The minimum Gasteiger partial charge on any atom is -0.492 e. The smallest absolute Gasteiger partial charge is 0.145 e. The largest absolute Gasteiger partial charge is 0.492 e. The molecule has 1 aliphatic rings. The normalized spacial score (nSPS) is 22.9. The molecule has 2 atom stereocenters. The Bertz CT molecular complexity index is 433. The Morgan fingerprint density at radius 2 is 2.15 bits per heavy atom. The Morgan fingerprint density at radius 3 is 2.85 bits per heavy atom. The van der Waals surface area contributed by atoms with Crippen LogP contribution in [0.2, 0.25) is 0 Å². The van der Waals surface area contributed by atoms with Crippen LogP contribution in [0, 0.1) is 17.7 Å². The highest BCUT2D eigenvalue weighted by Gasteiger charge is 2.24. The first-order valence-corrected chi connectivity index (χ1v) is 7.79. The molecule has 2 rings (SSSR count). The quantitative estimate of drug-likeness (QED) is 0.831. The molecular formula is C17H26FNO. The van der Waals surface area contributed by atoms with Crippen LogP contribution in [0.4, 0.5) is 10.1 Å². The number of rotatable bonds is 5. The summed E-state index contributed by atoms with van der Waals surface area (Å²) in [6.07, 6.45) is 4.98. The van der Waals surface area contributed by atoms with Crippen LogP contribution < -0.4 is 10.1 Å². The van der Waals surface area contributed by atoms with E-state index in [4.69, 9.17) is 4.74 Å². The fourth-order valence-electron chi connectivity index (χ4n) is 3.07. The minimum absolute atomic E-state index is 0.247. The summed E-state index contributed by atoms with van der Waals surface area (Å²) in [4.78, 5) is 0. The monoisotopic (exact) mass is 279 g/mol. The molecule has 3 heteroatoms. The molecule has 0 amide bonds. The van der Waals surface area contributed by atoms with Crippen molar-refractivity contribution in [2.24, 2.45) is 11.8 Å². The van der Waals surface area contributed by atoms with E-state index in [-0.39, 0.29) is 5.82 Å². The Hall–Kier alpha value is -1.25. The van der Waals surface area contributed by atoms with Gasteiger partial charge in [-0.1, -0.05) is 26.7 Å². The van der Waals surface area contributed by atoms with Crippen LogP contribution in [0.1, 0.15) is 46.5 Å². The first-order valence-electron chi connectivity index (χ1n) is 7.79. The van der Waals surface area contributed by atoms with Crippen molar-refractivity contribution in [1.82, 2.24) is 0 Å². The summed E-state index contributed by atoms with van der Waals surface area (Å²) in [5.41, 5.74) is 0.919. The number of benzene rings is 1. The minimum atomic E-state index is -0.247. The molecule has 1 N–H and O–H groups in total. The highest BCUT2D eigenvalue weighted by atomic mass is 19.1. The second-order valence-corrected chi connectivity index (χ2v) is 6.09. The van der Waals surface area contributed by atoms with E-state index < -0.39 is 0 Å². The molecule has 0 aliphatic heterocycles. The fraction of sp³-hybridized carbons (Fsp3) is 0.647. The summed E-state index contributed by atoms with van der Waals surface area (Å²) in [6.45, 7) is 7.08. The van der Waals surface area contributed by atoms with Crippen LogP contribution >= 0.6 is 0 Å². The lowest BCUT2D eigenvalue weighted by Gasteiger charge is -2.33. The third kappa shape index (κ3) is 3.87. The van der Waals surface area contributed by atoms with Gasteiger partial charge in [0.05, 0.1) is 12.3 Å². The molecule has 20 heavy (non-hydrogen) atoms. The average molecular weight is 279 g/mol. The Morgan fingerprint density at radius 1 is 1.35 bits per heavy atom. The van der Waals surface area contributed by atoms with Gasteiger partial charge in [0.25, 0.3) is 0 Å². The standard InChI is InChI=1S/C17H26FNO/c1-4-20-17-11-14(18)8-9-16(17)19-15-7-5-6-13(10-15)12(2)3/h8-9,11-13,15,19H,4-7,10H2,1-3H3. The summed E-state index contributed by atoms with van der Waals surface area (Å²) in [7, 11) is 0. The van der Waals surface area contributed by atoms with Crippen LogP contribution in [0.5, 0.6) is 5.75 Å². The van der Waals surface area contributed by atoms with Crippen LogP contribution in [0.25, 0.3) is 0 Å². The maximum Gasteiger partial charge on any atom is 0.145 e. The van der Waals surface area contributed by atoms with Gasteiger partial charge in [-0.15, -0.1) is 0 Å². The van der Waals surface area contributed by atoms with Gasteiger partial charge in [0.1, 0.15) is 11.6 Å². The van der Waals surface area contributed by atoms with Crippen LogP contribution in [0.15, 0.2) is 18.2 Å². The molecule has 1 aromatic rings. The maximum absolute atomic E-state index is 13.3. The topological polar surface area (TPSA) is 21.3 Å². The van der Waals surface area contributed by atoms with Gasteiger partial charge in [0.15, 0.2) is 0 Å². The molecule has 0 radical (unpaired) electrons. The van der Waals surface area contributed by atoms with E-state index in [1.165, 1.54) is 37.8 Å². The lowest BCUT2D eigenvalue weighted by Crippen LogP contribution is -2.29. The van der Waals surface area contributed by atoms with Crippen molar-refractivity contribution in [3.05, 3.63) is 24.0 Å². The lowest BCUT2D eigenvalue weighted by molar-refractivity contribution is 0.263. The van der Waals surface area contributed by atoms with Gasteiger partial charge in [-0.05, 0) is 43.7 Å². The first kappa shape index (κ1) is 15.1. The zero-order valence-corrected chi connectivity index (χ0v) is 12.8. The predicted octanol–water partition coefficient (Wildman–Crippen LogP) is 4.85. The molecule has 0 spiro atoms. The number of halogens is 1. The van der Waals surface area contributed by atoms with Crippen LogP contribution in [0.3, 0.4) is 0 Å². The van der Waals surface area contributed by atoms with Crippen LogP contribution in [-0.2, 0) is 0 Å². The van der Waals surface area contributed by atoms with E-state index in [9.17, 15) is 4.39 Å². The van der Waals surface area contributed by atoms with Crippen molar-refractivity contribution < 1.29 is 9.13 Å². The van der Waals surface area contributed by atoms with Gasteiger partial charge in [-0.2, -0.15) is 0 Å². The van der Waals surface area contributed by atoms with Crippen molar-refractivity contribution in [3.63, 3.8) is 0 Å². The van der Waals surface area contributed by atoms with Crippen LogP contribution in [-0.4, -0.2) is 12.6 Å². The third-order valence-corrected chi connectivity index (χ3v) is 4.26. The van der Waals surface area contributed by atoms with E-state index in [0.29, 0.717) is 18.4 Å². The summed E-state index contributed by atoms with van der Waals surface area (Å²) in [5.74, 6) is 1.90. The van der Waals surface area contributed by atoms with Crippen molar-refractivity contribution in [2.75, 3.05) is 11.9 Å². The highest BCUT2D eigenvalue weighted by molar-refractivity contribution is 5.57. The van der Waals surface area contributed by atoms with Crippen molar-refractivity contribution >= 4 is 5.69 Å². The molecule has 0 bridgehead atoms. The molecule has 2 nitrogen and oxygen atoms in total. The SMILES string of the molecule is CCOc1cc(F)ccc1NC1CCCC(C(C)C)C1. The number of nitrogens with one attached hydrogen (secondary N) is 1. The van der Waals surface area contributed by atoms with Crippen molar-refractivity contribution in [1.29, 1.82) is 0 Å². The fourth-order valence-corrected chi connectivity index (χ4v) is 3.07. The van der Waals surface area contributed by atoms with E-state index in [0.717, 1.165) is 17.5 Å². The molecule has 1 aromatic carbocycles. The predicted molar refractivity (Wildman–Crippen MR) is 81.8 cm³/mol. The molecule has 112 valence electrons. The lowest BCUT2D eigenvalue weighted by atomic mass is 9.79. The number of hydrogen-bond donors (Lipinski definition) is 1. The number of ether oxygens (including phenoxy) is 1. The maximum atomic E-state index is 13.3. The van der Waals surface area contributed by atoms with Crippen molar-refractivity contribution in [3.8, 4) is 5.75 Å². The van der Waals surface area contributed by atoms with Gasteiger partial charge in [0, 0.05) is 12.1 Å². The second kappa shape index (κ2) is 6.96. The second-order valence-electron chi connectivity index (χ2n) is 6.09. The molecule has 1 saturated carbocycles. The first-order chi connectivity index (χ1) is 9.60. The summed E-state index contributed by atoms with van der Waals surface area (Å²) in [6, 6.07) is 5.22. The Labute approximate surface area is 121 Å². The molecule has 0 aromatic heterocycles. The molecular weight excluding hydrogens is 253 g/mol. The van der Waals surface area contributed by atoms with E-state index in [1.807, 2.05) is 6.92 Å². The van der Waals surface area contributed by atoms with Gasteiger partial charge < -0.3 is 10.1 Å². The molecule has 0 saturated heterocycles. The third-order valence-electron chi connectivity index (χ3n) is 4.26. The molecule has 2 unspecified atom stereocenters. The highest BCUT2D eigenvalue weighted by Crippen LogP contribution is 2.34. The number of hydrogen-bond acceptors (Lipinski definition) is 2. The number of anilines is 1. The molecule has 1 aliphatic carbocycles. The van der Waals surface area contributed by atoms with Gasteiger partial charge in [-0.25, -0.2) is 4.39 Å². The van der Waals surface area contributed by atoms with Gasteiger partial charge in [0.2, 0.25) is 0 Å². The van der Waals surface area contributed by atoms with E-state index in [2.05, 4.69) is 19.2 Å². The zero-order valence-electron chi connectivity index (χ0n) is 12.8. The average Bonchev–Trinajstić information content (AvgIpc) is 2.42. The Kier molecular flexibility index (Phi) is 5.27. The van der Waals surface area contributed by atoms with Gasteiger partial charge in [-0.3, -0.25) is 0 Å². The van der Waals surface area contributed by atoms with Crippen molar-refractivity contribution in [2.45, 2.75) is 52.5 Å². The van der Waals surface area contributed by atoms with E-state index in [1.54, 1.807) is 6.07 Å².